The molecule has 2 N–H and O–H groups in total. The van der Waals surface area contributed by atoms with Gasteiger partial charge in [-0.05, 0) is 36.7 Å². The molecule has 1 saturated carbocycles. The number of aliphatic hydroxyl groups is 1. The standard InChI is InChI=1S/C15H23NO/c1-15(13-5-3-2-4-6-13)9-7-14(8-10-15)16-11-12-17/h2-6,14,16-17H,7-12H2,1H3. The normalized spacial score (nSPS) is 29.2. The first-order valence-electron chi connectivity index (χ1n) is 6.64. The van der Waals surface area contributed by atoms with Crippen molar-refractivity contribution in [3.63, 3.8) is 0 Å². The molecule has 0 aromatic heterocycles. The van der Waals surface area contributed by atoms with Gasteiger partial charge < -0.3 is 10.4 Å². The lowest BCUT2D eigenvalue weighted by Gasteiger charge is -2.38. The van der Waals surface area contributed by atoms with Crippen LogP contribution in [0.15, 0.2) is 30.3 Å². The lowest BCUT2D eigenvalue weighted by Crippen LogP contribution is -2.39. The van der Waals surface area contributed by atoms with Crippen LogP contribution in [0, 0.1) is 0 Å². The van der Waals surface area contributed by atoms with Crippen LogP contribution in [0.1, 0.15) is 38.2 Å². The van der Waals surface area contributed by atoms with Crippen molar-refractivity contribution in [3.05, 3.63) is 35.9 Å². The average molecular weight is 233 g/mol. The summed E-state index contributed by atoms with van der Waals surface area (Å²) in [5, 5.41) is 12.2. The van der Waals surface area contributed by atoms with E-state index >= 15 is 0 Å². The van der Waals surface area contributed by atoms with E-state index in [4.69, 9.17) is 5.11 Å². The Hall–Kier alpha value is -0.860. The van der Waals surface area contributed by atoms with Gasteiger partial charge in [0, 0.05) is 12.6 Å². The summed E-state index contributed by atoms with van der Waals surface area (Å²) in [5.74, 6) is 0. The van der Waals surface area contributed by atoms with E-state index in [1.54, 1.807) is 0 Å². The minimum absolute atomic E-state index is 0.243. The lowest BCUT2D eigenvalue weighted by atomic mass is 9.70. The fourth-order valence-corrected chi connectivity index (χ4v) is 2.86. The van der Waals surface area contributed by atoms with Crippen LogP contribution < -0.4 is 5.32 Å². The van der Waals surface area contributed by atoms with Crippen molar-refractivity contribution in [2.45, 2.75) is 44.1 Å². The second-order valence-electron chi connectivity index (χ2n) is 5.38. The molecule has 94 valence electrons. The predicted octanol–water partition coefficient (Wildman–Crippen LogP) is 2.47. The molecule has 0 heterocycles. The molecule has 1 aromatic rings. The van der Waals surface area contributed by atoms with Crippen molar-refractivity contribution < 1.29 is 5.11 Å². The highest BCUT2D eigenvalue weighted by molar-refractivity contribution is 5.25. The molecule has 0 saturated heterocycles. The summed E-state index contributed by atoms with van der Waals surface area (Å²) in [6, 6.07) is 11.5. The predicted molar refractivity (Wildman–Crippen MR) is 71.1 cm³/mol. The van der Waals surface area contributed by atoms with Crippen molar-refractivity contribution in [3.8, 4) is 0 Å². The molecule has 0 atom stereocenters. The Morgan fingerprint density at radius 2 is 1.88 bits per heavy atom. The molecule has 1 aliphatic rings. The van der Waals surface area contributed by atoms with E-state index in [0.29, 0.717) is 11.5 Å². The average Bonchev–Trinajstić information content (AvgIpc) is 2.39. The molecule has 0 aliphatic heterocycles. The Labute approximate surface area is 104 Å². The first kappa shape index (κ1) is 12.6. The number of aliphatic hydroxyl groups excluding tert-OH is 1. The van der Waals surface area contributed by atoms with Crippen molar-refractivity contribution >= 4 is 0 Å². The monoisotopic (exact) mass is 233 g/mol. The van der Waals surface area contributed by atoms with Crippen LogP contribution in [-0.4, -0.2) is 24.3 Å². The van der Waals surface area contributed by atoms with Crippen LogP contribution in [-0.2, 0) is 5.41 Å². The maximum absolute atomic E-state index is 8.82. The van der Waals surface area contributed by atoms with Gasteiger partial charge in [0.1, 0.15) is 0 Å². The fourth-order valence-electron chi connectivity index (χ4n) is 2.86. The molecule has 17 heavy (non-hydrogen) atoms. The van der Waals surface area contributed by atoms with Gasteiger partial charge in [-0.2, -0.15) is 0 Å². The van der Waals surface area contributed by atoms with Crippen LogP contribution >= 0.6 is 0 Å². The largest absolute Gasteiger partial charge is 0.395 e. The third kappa shape index (κ3) is 3.08. The maximum atomic E-state index is 8.82. The molecule has 0 amide bonds. The zero-order valence-electron chi connectivity index (χ0n) is 10.7. The Balaban J connectivity index is 1.93. The quantitative estimate of drug-likeness (QED) is 0.837. The van der Waals surface area contributed by atoms with Gasteiger partial charge in [-0.25, -0.2) is 0 Å². The fraction of sp³-hybridized carbons (Fsp3) is 0.600. The van der Waals surface area contributed by atoms with Crippen molar-refractivity contribution in [2.24, 2.45) is 0 Å². The van der Waals surface area contributed by atoms with E-state index in [9.17, 15) is 0 Å². The van der Waals surface area contributed by atoms with E-state index in [2.05, 4.69) is 42.6 Å². The highest BCUT2D eigenvalue weighted by Gasteiger charge is 2.31. The number of hydrogen-bond acceptors (Lipinski definition) is 2. The third-order valence-corrected chi connectivity index (χ3v) is 4.10. The summed E-state index contributed by atoms with van der Waals surface area (Å²) in [7, 11) is 0. The third-order valence-electron chi connectivity index (χ3n) is 4.10. The van der Waals surface area contributed by atoms with Gasteiger partial charge in [-0.3, -0.25) is 0 Å². The van der Waals surface area contributed by atoms with Gasteiger partial charge in [-0.15, -0.1) is 0 Å². The van der Waals surface area contributed by atoms with Gasteiger partial charge in [-0.1, -0.05) is 37.3 Å². The highest BCUT2D eigenvalue weighted by atomic mass is 16.3. The molecule has 0 spiro atoms. The Kier molecular flexibility index (Phi) is 4.19. The van der Waals surface area contributed by atoms with Gasteiger partial charge in [0.05, 0.1) is 6.61 Å². The van der Waals surface area contributed by atoms with Gasteiger partial charge >= 0.3 is 0 Å². The summed E-state index contributed by atoms with van der Waals surface area (Å²) in [6.07, 6.45) is 4.90. The zero-order valence-corrected chi connectivity index (χ0v) is 10.7. The molecule has 1 aliphatic carbocycles. The lowest BCUT2D eigenvalue weighted by molar-refractivity contribution is 0.239. The number of nitrogens with one attached hydrogen (secondary N) is 1. The summed E-state index contributed by atoms with van der Waals surface area (Å²) in [6.45, 7) is 3.35. The Bertz CT molecular complexity index is 328. The highest BCUT2D eigenvalue weighted by Crippen LogP contribution is 2.38. The molecule has 0 radical (unpaired) electrons. The molecule has 2 rings (SSSR count). The van der Waals surface area contributed by atoms with Crippen LogP contribution in [0.2, 0.25) is 0 Å². The summed E-state index contributed by atoms with van der Waals surface area (Å²) in [5.41, 5.74) is 1.82. The van der Waals surface area contributed by atoms with Gasteiger partial charge in [0.15, 0.2) is 0 Å². The molecule has 2 heteroatoms. The molecule has 2 nitrogen and oxygen atoms in total. The first-order valence-corrected chi connectivity index (χ1v) is 6.64. The molecular formula is C15H23NO. The second-order valence-corrected chi connectivity index (χ2v) is 5.38. The molecule has 1 aromatic carbocycles. The van der Waals surface area contributed by atoms with E-state index < -0.39 is 0 Å². The van der Waals surface area contributed by atoms with E-state index in [0.717, 1.165) is 6.54 Å². The molecule has 0 bridgehead atoms. The van der Waals surface area contributed by atoms with E-state index in [1.165, 1.54) is 31.2 Å². The second kappa shape index (κ2) is 5.65. The SMILES string of the molecule is CC1(c2ccccc2)CCC(NCCO)CC1. The summed E-state index contributed by atoms with van der Waals surface area (Å²) >= 11 is 0. The van der Waals surface area contributed by atoms with Crippen LogP contribution in [0.5, 0.6) is 0 Å². The minimum Gasteiger partial charge on any atom is -0.395 e. The van der Waals surface area contributed by atoms with Crippen LogP contribution in [0.3, 0.4) is 0 Å². The van der Waals surface area contributed by atoms with Gasteiger partial charge in [0.2, 0.25) is 0 Å². The van der Waals surface area contributed by atoms with Crippen LogP contribution in [0.4, 0.5) is 0 Å². The number of rotatable bonds is 4. The zero-order chi connectivity index (χ0) is 12.1. The van der Waals surface area contributed by atoms with Crippen molar-refractivity contribution in [2.75, 3.05) is 13.2 Å². The van der Waals surface area contributed by atoms with E-state index in [1.807, 2.05) is 0 Å². The smallest absolute Gasteiger partial charge is 0.0556 e. The topological polar surface area (TPSA) is 32.3 Å². The van der Waals surface area contributed by atoms with Crippen molar-refractivity contribution in [1.29, 1.82) is 0 Å². The number of hydrogen-bond donors (Lipinski definition) is 2. The number of benzene rings is 1. The van der Waals surface area contributed by atoms with Crippen molar-refractivity contribution in [1.82, 2.24) is 5.32 Å². The molecule has 1 fully saturated rings. The first-order chi connectivity index (χ1) is 8.24. The van der Waals surface area contributed by atoms with Crippen LogP contribution in [0.25, 0.3) is 0 Å². The summed E-state index contributed by atoms with van der Waals surface area (Å²) < 4.78 is 0. The molecular weight excluding hydrogens is 210 g/mol. The van der Waals surface area contributed by atoms with Gasteiger partial charge in [0.25, 0.3) is 0 Å². The van der Waals surface area contributed by atoms with E-state index in [-0.39, 0.29) is 6.61 Å². The Morgan fingerprint density at radius 1 is 1.24 bits per heavy atom. The maximum Gasteiger partial charge on any atom is 0.0556 e. The minimum atomic E-state index is 0.243. The summed E-state index contributed by atoms with van der Waals surface area (Å²) in [4.78, 5) is 0. The molecule has 0 unspecified atom stereocenters. The Morgan fingerprint density at radius 3 is 2.47 bits per heavy atom.